The highest BCUT2D eigenvalue weighted by Gasteiger charge is 2.26. The zero-order chi connectivity index (χ0) is 15.0. The van der Waals surface area contributed by atoms with Crippen molar-refractivity contribution in [1.82, 2.24) is 10.6 Å². The molecule has 3 N–H and O–H groups in total. The van der Waals surface area contributed by atoms with E-state index in [1.807, 2.05) is 13.8 Å². The van der Waals surface area contributed by atoms with Crippen molar-refractivity contribution >= 4 is 6.03 Å². The van der Waals surface area contributed by atoms with Crippen LogP contribution in [0.3, 0.4) is 0 Å². The second kappa shape index (κ2) is 8.47. The molecule has 5 heteroatoms. The monoisotopic (exact) mass is 286 g/mol. The molecular weight excluding hydrogens is 256 g/mol. The van der Waals surface area contributed by atoms with Crippen LogP contribution in [0.4, 0.5) is 4.79 Å². The molecule has 0 heterocycles. The third kappa shape index (κ3) is 6.09. The van der Waals surface area contributed by atoms with Gasteiger partial charge in [-0.3, -0.25) is 0 Å². The molecule has 1 aliphatic rings. The van der Waals surface area contributed by atoms with Crippen LogP contribution in [0, 0.1) is 5.41 Å². The molecule has 0 aromatic rings. The van der Waals surface area contributed by atoms with Gasteiger partial charge in [0.15, 0.2) is 0 Å². The summed E-state index contributed by atoms with van der Waals surface area (Å²) in [6.07, 6.45) is 6.25. The lowest BCUT2D eigenvalue weighted by molar-refractivity contribution is 0.0452. The Morgan fingerprint density at radius 2 is 2.05 bits per heavy atom. The molecule has 2 unspecified atom stereocenters. The van der Waals surface area contributed by atoms with E-state index >= 15 is 0 Å². The van der Waals surface area contributed by atoms with Crippen LogP contribution >= 0.6 is 0 Å². The molecule has 1 aliphatic carbocycles. The quantitative estimate of drug-likeness (QED) is 0.627. The predicted molar refractivity (Wildman–Crippen MR) is 79.7 cm³/mol. The van der Waals surface area contributed by atoms with Gasteiger partial charge in [0.1, 0.15) is 0 Å². The highest BCUT2D eigenvalue weighted by Crippen LogP contribution is 2.21. The zero-order valence-corrected chi connectivity index (χ0v) is 13.1. The van der Waals surface area contributed by atoms with Crippen LogP contribution in [0.2, 0.25) is 0 Å². The minimum atomic E-state index is -0.110. The van der Waals surface area contributed by atoms with E-state index in [1.165, 1.54) is 6.42 Å². The number of hydrogen-bond donors (Lipinski definition) is 3. The number of nitrogens with one attached hydrogen (secondary N) is 2. The Hall–Kier alpha value is -0.810. The molecule has 2 amide bonds. The van der Waals surface area contributed by atoms with Gasteiger partial charge in [0.05, 0.1) is 12.1 Å². The highest BCUT2D eigenvalue weighted by atomic mass is 16.5. The van der Waals surface area contributed by atoms with Gasteiger partial charge >= 0.3 is 6.03 Å². The van der Waals surface area contributed by atoms with Gasteiger partial charge in [-0.05, 0) is 31.1 Å². The molecule has 2 atom stereocenters. The van der Waals surface area contributed by atoms with Gasteiger partial charge in [-0.25, -0.2) is 4.79 Å². The summed E-state index contributed by atoms with van der Waals surface area (Å²) in [7, 11) is 1.71. The molecule has 0 spiro atoms. The topological polar surface area (TPSA) is 70.6 Å². The molecule has 0 saturated heterocycles. The Morgan fingerprint density at radius 3 is 2.70 bits per heavy atom. The standard InChI is InChI=1S/C15H30N2O3/c1-15(2,11-18)9-6-10-16-14(19)17-12-7-4-5-8-13(12)20-3/h12-13,18H,4-11H2,1-3H3,(H2,16,17,19). The third-order valence-electron chi connectivity index (χ3n) is 4.07. The number of aliphatic hydroxyl groups excluding tert-OH is 1. The van der Waals surface area contributed by atoms with Crippen molar-refractivity contribution in [3.05, 3.63) is 0 Å². The highest BCUT2D eigenvalue weighted by molar-refractivity contribution is 5.74. The van der Waals surface area contributed by atoms with Crippen LogP contribution in [-0.4, -0.2) is 43.5 Å². The first-order valence-corrected chi connectivity index (χ1v) is 7.66. The van der Waals surface area contributed by atoms with E-state index in [-0.39, 0.29) is 30.2 Å². The van der Waals surface area contributed by atoms with Crippen molar-refractivity contribution in [2.24, 2.45) is 5.41 Å². The second-order valence-electron chi connectivity index (χ2n) is 6.49. The van der Waals surface area contributed by atoms with Crippen molar-refractivity contribution in [3.8, 4) is 0 Å². The fraction of sp³-hybridized carbons (Fsp3) is 0.933. The molecule has 0 aromatic carbocycles. The lowest BCUT2D eigenvalue weighted by Crippen LogP contribution is -2.49. The lowest BCUT2D eigenvalue weighted by Gasteiger charge is -2.31. The Labute approximate surface area is 122 Å². The molecule has 1 saturated carbocycles. The van der Waals surface area contributed by atoms with E-state index in [2.05, 4.69) is 10.6 Å². The van der Waals surface area contributed by atoms with Gasteiger partial charge in [0.2, 0.25) is 0 Å². The van der Waals surface area contributed by atoms with E-state index in [0.29, 0.717) is 6.54 Å². The summed E-state index contributed by atoms with van der Waals surface area (Å²) in [5.41, 5.74) is -0.0668. The first-order chi connectivity index (χ1) is 9.48. The first-order valence-electron chi connectivity index (χ1n) is 7.66. The Balaban J connectivity index is 2.19. The molecule has 1 fully saturated rings. The Kier molecular flexibility index (Phi) is 7.30. The molecule has 5 nitrogen and oxygen atoms in total. The van der Waals surface area contributed by atoms with Gasteiger partial charge in [-0.1, -0.05) is 26.7 Å². The summed E-state index contributed by atoms with van der Waals surface area (Å²) in [5, 5.41) is 15.1. The van der Waals surface area contributed by atoms with Crippen LogP contribution < -0.4 is 10.6 Å². The minimum Gasteiger partial charge on any atom is -0.396 e. The summed E-state index contributed by atoms with van der Waals surface area (Å²) < 4.78 is 5.42. The molecular formula is C15H30N2O3. The number of ether oxygens (including phenoxy) is 1. The van der Waals surface area contributed by atoms with E-state index in [1.54, 1.807) is 7.11 Å². The summed E-state index contributed by atoms with van der Waals surface area (Å²) >= 11 is 0. The van der Waals surface area contributed by atoms with Gasteiger partial charge < -0.3 is 20.5 Å². The summed E-state index contributed by atoms with van der Waals surface area (Å²) in [6.45, 7) is 4.87. The van der Waals surface area contributed by atoms with Crippen molar-refractivity contribution in [3.63, 3.8) is 0 Å². The molecule has 118 valence electrons. The summed E-state index contributed by atoms with van der Waals surface area (Å²) in [6, 6.07) is 0.0170. The molecule has 20 heavy (non-hydrogen) atoms. The molecule has 0 aliphatic heterocycles. The fourth-order valence-electron chi connectivity index (χ4n) is 2.61. The number of aliphatic hydroxyl groups is 1. The fourth-order valence-corrected chi connectivity index (χ4v) is 2.61. The SMILES string of the molecule is COC1CCCCC1NC(=O)NCCCC(C)(C)CO. The van der Waals surface area contributed by atoms with Gasteiger partial charge in [0, 0.05) is 20.3 Å². The number of methoxy groups -OCH3 is 1. The third-order valence-corrected chi connectivity index (χ3v) is 4.07. The van der Waals surface area contributed by atoms with Crippen LogP contribution in [-0.2, 0) is 4.74 Å². The average molecular weight is 286 g/mol. The van der Waals surface area contributed by atoms with Gasteiger partial charge in [-0.15, -0.1) is 0 Å². The van der Waals surface area contributed by atoms with Crippen LogP contribution in [0.15, 0.2) is 0 Å². The smallest absolute Gasteiger partial charge is 0.315 e. The first kappa shape index (κ1) is 17.2. The largest absolute Gasteiger partial charge is 0.396 e. The Morgan fingerprint density at radius 1 is 1.35 bits per heavy atom. The second-order valence-corrected chi connectivity index (χ2v) is 6.49. The van der Waals surface area contributed by atoms with E-state index < -0.39 is 0 Å². The minimum absolute atomic E-state index is 0.0668. The number of amides is 2. The average Bonchev–Trinajstić information content (AvgIpc) is 2.44. The van der Waals surface area contributed by atoms with Gasteiger partial charge in [-0.2, -0.15) is 0 Å². The lowest BCUT2D eigenvalue weighted by atomic mass is 9.89. The summed E-state index contributed by atoms with van der Waals surface area (Å²) in [5.74, 6) is 0. The predicted octanol–water partition coefficient (Wildman–Crippen LogP) is 2.04. The van der Waals surface area contributed by atoms with Crippen molar-refractivity contribution in [2.75, 3.05) is 20.3 Å². The number of carbonyl (C=O) groups is 1. The van der Waals surface area contributed by atoms with Crippen LogP contribution in [0.1, 0.15) is 52.4 Å². The number of rotatable bonds is 7. The van der Waals surface area contributed by atoms with E-state index in [4.69, 9.17) is 9.84 Å². The maximum Gasteiger partial charge on any atom is 0.315 e. The normalized spacial score (nSPS) is 23.4. The molecule has 1 rings (SSSR count). The van der Waals surface area contributed by atoms with Gasteiger partial charge in [0.25, 0.3) is 0 Å². The number of urea groups is 1. The van der Waals surface area contributed by atoms with E-state index in [9.17, 15) is 4.79 Å². The van der Waals surface area contributed by atoms with Crippen molar-refractivity contribution < 1.29 is 14.6 Å². The maximum atomic E-state index is 11.8. The number of carbonyl (C=O) groups excluding carboxylic acids is 1. The van der Waals surface area contributed by atoms with E-state index in [0.717, 1.165) is 32.1 Å². The Bertz CT molecular complexity index is 295. The van der Waals surface area contributed by atoms with Crippen LogP contribution in [0.5, 0.6) is 0 Å². The van der Waals surface area contributed by atoms with Crippen molar-refractivity contribution in [1.29, 1.82) is 0 Å². The maximum absolute atomic E-state index is 11.8. The zero-order valence-electron chi connectivity index (χ0n) is 13.1. The summed E-state index contributed by atoms with van der Waals surface area (Å²) in [4.78, 5) is 11.8. The molecule has 0 radical (unpaired) electrons. The van der Waals surface area contributed by atoms with Crippen LogP contribution in [0.25, 0.3) is 0 Å². The number of hydrogen-bond acceptors (Lipinski definition) is 3. The van der Waals surface area contributed by atoms with Crippen molar-refractivity contribution in [2.45, 2.75) is 64.5 Å². The molecule has 0 bridgehead atoms. The molecule has 0 aromatic heterocycles.